The van der Waals surface area contributed by atoms with Gasteiger partial charge < -0.3 is 19.3 Å². The van der Waals surface area contributed by atoms with Gasteiger partial charge in [0.05, 0.1) is 20.8 Å². The zero-order valence-corrected chi connectivity index (χ0v) is 17.7. The van der Waals surface area contributed by atoms with E-state index in [1.54, 1.807) is 20.3 Å². The van der Waals surface area contributed by atoms with E-state index in [2.05, 4.69) is 23.6 Å². The number of aromatic hydroxyl groups is 1. The maximum Gasteiger partial charge on any atom is 0.161 e. The van der Waals surface area contributed by atoms with E-state index in [4.69, 9.17) is 14.2 Å². The summed E-state index contributed by atoms with van der Waals surface area (Å²) in [6.45, 7) is 8.87. The molecule has 5 heteroatoms. The molecule has 0 fully saturated rings. The molecule has 0 bridgehead atoms. The summed E-state index contributed by atoms with van der Waals surface area (Å²) in [7, 11) is 3.34. The minimum Gasteiger partial charge on any atom is -0.507 e. The van der Waals surface area contributed by atoms with Crippen LogP contribution < -0.4 is 14.2 Å². The molecule has 0 saturated heterocycles. The molecule has 1 aliphatic rings. The van der Waals surface area contributed by atoms with Crippen LogP contribution in [-0.2, 0) is 25.8 Å². The van der Waals surface area contributed by atoms with Crippen molar-refractivity contribution in [1.82, 2.24) is 4.90 Å². The van der Waals surface area contributed by atoms with Gasteiger partial charge in [-0.1, -0.05) is 6.08 Å². The van der Waals surface area contributed by atoms with E-state index in [0.29, 0.717) is 25.3 Å². The van der Waals surface area contributed by atoms with Crippen molar-refractivity contribution in [2.45, 2.75) is 32.7 Å². The highest BCUT2D eigenvalue weighted by molar-refractivity contribution is 5.49. The van der Waals surface area contributed by atoms with Gasteiger partial charge in [0, 0.05) is 30.8 Å². The van der Waals surface area contributed by atoms with E-state index < -0.39 is 0 Å². The maximum absolute atomic E-state index is 10.8. The SMILES string of the molecule is C=CCc1cc(OCC)cc(CN2CCc3cc(OC)c(OC)cc3CC2)c1O. The van der Waals surface area contributed by atoms with Crippen molar-refractivity contribution in [3.8, 4) is 23.0 Å². The van der Waals surface area contributed by atoms with Crippen LogP contribution in [0.25, 0.3) is 0 Å². The molecule has 0 spiro atoms. The van der Waals surface area contributed by atoms with E-state index in [1.165, 1.54) is 11.1 Å². The number of benzene rings is 2. The predicted molar refractivity (Wildman–Crippen MR) is 115 cm³/mol. The fourth-order valence-electron chi connectivity index (χ4n) is 3.91. The van der Waals surface area contributed by atoms with Gasteiger partial charge >= 0.3 is 0 Å². The third-order valence-corrected chi connectivity index (χ3v) is 5.41. The predicted octanol–water partition coefficient (Wildman–Crippen LogP) is 4.14. The molecule has 29 heavy (non-hydrogen) atoms. The van der Waals surface area contributed by atoms with Crippen LogP contribution in [0.1, 0.15) is 29.2 Å². The lowest BCUT2D eigenvalue weighted by molar-refractivity contribution is 0.273. The molecular weight excluding hydrogens is 366 g/mol. The molecule has 1 aliphatic heterocycles. The van der Waals surface area contributed by atoms with Gasteiger partial charge in [-0.2, -0.15) is 0 Å². The average molecular weight is 398 g/mol. The first-order valence-corrected chi connectivity index (χ1v) is 10.1. The van der Waals surface area contributed by atoms with Crippen LogP contribution in [0.4, 0.5) is 0 Å². The van der Waals surface area contributed by atoms with Gasteiger partial charge in [-0.25, -0.2) is 0 Å². The minimum atomic E-state index is 0.346. The zero-order chi connectivity index (χ0) is 20.8. The first-order chi connectivity index (χ1) is 14.1. The highest BCUT2D eigenvalue weighted by Crippen LogP contribution is 2.34. The molecule has 3 rings (SSSR count). The molecule has 5 nitrogen and oxygen atoms in total. The summed E-state index contributed by atoms with van der Waals surface area (Å²) in [4.78, 5) is 2.38. The molecule has 156 valence electrons. The zero-order valence-electron chi connectivity index (χ0n) is 17.7. The van der Waals surface area contributed by atoms with Crippen molar-refractivity contribution in [2.24, 2.45) is 0 Å². The Morgan fingerprint density at radius 3 is 2.10 bits per heavy atom. The molecule has 0 aromatic heterocycles. The number of nitrogens with zero attached hydrogens (tertiary/aromatic N) is 1. The number of phenols is 1. The van der Waals surface area contributed by atoms with Gasteiger partial charge in [-0.15, -0.1) is 6.58 Å². The fraction of sp³-hybridized carbons (Fsp3) is 0.417. The summed E-state index contributed by atoms with van der Waals surface area (Å²) < 4.78 is 16.6. The van der Waals surface area contributed by atoms with Crippen LogP contribution in [0.5, 0.6) is 23.0 Å². The largest absolute Gasteiger partial charge is 0.507 e. The highest BCUT2D eigenvalue weighted by atomic mass is 16.5. The standard InChI is InChI=1S/C24H31NO4/c1-5-7-19-12-21(29-6-2)13-20(24(19)26)16-25-10-8-17-14-22(27-3)23(28-4)15-18(17)9-11-25/h5,12-15,26H,1,6-11,16H2,2-4H3. The van der Waals surface area contributed by atoms with Gasteiger partial charge in [0.2, 0.25) is 0 Å². The molecule has 0 amide bonds. The molecule has 1 N–H and O–H groups in total. The Kier molecular flexibility index (Phi) is 7.04. The van der Waals surface area contributed by atoms with Crippen molar-refractivity contribution in [2.75, 3.05) is 33.9 Å². The average Bonchev–Trinajstić information content (AvgIpc) is 2.92. The minimum absolute atomic E-state index is 0.346. The number of fused-ring (bicyclic) bond motifs is 1. The lowest BCUT2D eigenvalue weighted by atomic mass is 10.0. The van der Waals surface area contributed by atoms with E-state index in [1.807, 2.05) is 19.1 Å². The van der Waals surface area contributed by atoms with Gasteiger partial charge in [0.1, 0.15) is 11.5 Å². The third-order valence-electron chi connectivity index (χ3n) is 5.41. The van der Waals surface area contributed by atoms with Gasteiger partial charge in [-0.05, 0) is 61.6 Å². The van der Waals surface area contributed by atoms with Crippen LogP contribution >= 0.6 is 0 Å². The number of hydrogen-bond acceptors (Lipinski definition) is 5. The Balaban J connectivity index is 1.80. The molecule has 0 aliphatic carbocycles. The van der Waals surface area contributed by atoms with Crippen molar-refractivity contribution in [1.29, 1.82) is 0 Å². The molecule has 0 unspecified atom stereocenters. The van der Waals surface area contributed by atoms with Crippen LogP contribution in [-0.4, -0.2) is 43.9 Å². The summed E-state index contributed by atoms with van der Waals surface area (Å²) in [6.07, 6.45) is 4.28. The van der Waals surface area contributed by atoms with Crippen LogP contribution in [0, 0.1) is 0 Å². The van der Waals surface area contributed by atoms with Crippen molar-refractivity contribution >= 4 is 0 Å². The monoisotopic (exact) mass is 397 g/mol. The molecule has 0 atom stereocenters. The lowest BCUT2D eigenvalue weighted by Crippen LogP contribution is -2.26. The van der Waals surface area contributed by atoms with E-state index in [-0.39, 0.29) is 0 Å². The summed E-state index contributed by atoms with van der Waals surface area (Å²) in [5, 5.41) is 10.8. The molecule has 0 saturated carbocycles. The van der Waals surface area contributed by atoms with Crippen LogP contribution in [0.2, 0.25) is 0 Å². The Morgan fingerprint density at radius 1 is 1.00 bits per heavy atom. The Morgan fingerprint density at radius 2 is 1.59 bits per heavy atom. The van der Waals surface area contributed by atoms with Crippen molar-refractivity contribution in [3.63, 3.8) is 0 Å². The normalized spacial score (nSPS) is 14.0. The lowest BCUT2D eigenvalue weighted by Gasteiger charge is -2.22. The molecule has 2 aromatic rings. The van der Waals surface area contributed by atoms with Gasteiger partial charge in [0.15, 0.2) is 11.5 Å². The van der Waals surface area contributed by atoms with Crippen molar-refractivity contribution in [3.05, 3.63) is 59.2 Å². The third kappa shape index (κ3) is 4.85. The highest BCUT2D eigenvalue weighted by Gasteiger charge is 2.19. The van der Waals surface area contributed by atoms with Gasteiger partial charge in [0.25, 0.3) is 0 Å². The number of methoxy groups -OCH3 is 2. The van der Waals surface area contributed by atoms with Crippen LogP contribution in [0.15, 0.2) is 36.9 Å². The number of allylic oxidation sites excluding steroid dienone is 1. The Labute approximate surface area is 173 Å². The van der Waals surface area contributed by atoms with E-state index >= 15 is 0 Å². The number of rotatable bonds is 8. The summed E-state index contributed by atoms with van der Waals surface area (Å²) in [5.41, 5.74) is 4.34. The second kappa shape index (κ2) is 9.70. The molecule has 1 heterocycles. The summed E-state index contributed by atoms with van der Waals surface area (Å²) in [6, 6.07) is 8.04. The number of phenolic OH excluding ortho intramolecular Hbond substituents is 1. The van der Waals surface area contributed by atoms with Gasteiger partial charge in [-0.3, -0.25) is 4.90 Å². The molecular formula is C24H31NO4. The smallest absolute Gasteiger partial charge is 0.161 e. The van der Waals surface area contributed by atoms with E-state index in [9.17, 15) is 5.11 Å². The first kappa shape index (κ1) is 21.1. The number of ether oxygens (including phenoxy) is 3. The first-order valence-electron chi connectivity index (χ1n) is 10.1. The fourth-order valence-corrected chi connectivity index (χ4v) is 3.91. The summed E-state index contributed by atoms with van der Waals surface area (Å²) >= 11 is 0. The second-order valence-electron chi connectivity index (χ2n) is 7.27. The Bertz CT molecular complexity index is 827. The quantitative estimate of drug-likeness (QED) is 0.679. The van der Waals surface area contributed by atoms with Crippen molar-refractivity contribution < 1.29 is 19.3 Å². The van der Waals surface area contributed by atoms with E-state index in [0.717, 1.165) is 54.3 Å². The maximum atomic E-state index is 10.8. The van der Waals surface area contributed by atoms with Crippen LogP contribution in [0.3, 0.4) is 0 Å². The topological polar surface area (TPSA) is 51.2 Å². The number of hydrogen-bond donors (Lipinski definition) is 1. The molecule has 0 radical (unpaired) electrons. The molecule has 2 aromatic carbocycles. The summed E-state index contributed by atoms with van der Waals surface area (Å²) in [5.74, 6) is 2.69. The second-order valence-corrected chi connectivity index (χ2v) is 7.27. The Hall–Kier alpha value is -2.66.